The predicted octanol–water partition coefficient (Wildman–Crippen LogP) is 2.30. The number of H-pyrrole nitrogens is 1. The molecule has 19 heavy (non-hydrogen) atoms. The van der Waals surface area contributed by atoms with Crippen LogP contribution in [0.25, 0.3) is 0 Å². The van der Waals surface area contributed by atoms with Crippen molar-refractivity contribution in [3.8, 4) is 5.75 Å². The molecule has 1 aromatic heterocycles. The summed E-state index contributed by atoms with van der Waals surface area (Å²) in [4.78, 5) is 17.6. The number of hydrogen-bond acceptors (Lipinski definition) is 4. The maximum absolute atomic E-state index is 11.2. The topological polar surface area (TPSA) is 67.0 Å². The fourth-order valence-electron chi connectivity index (χ4n) is 1.49. The Morgan fingerprint density at radius 1 is 1.32 bits per heavy atom. The highest BCUT2D eigenvalue weighted by atomic mass is 35.5. The Kier molecular flexibility index (Phi) is 4.80. The molecule has 2 rings (SSSR count). The van der Waals surface area contributed by atoms with Crippen LogP contribution >= 0.6 is 11.6 Å². The first-order valence-electron chi connectivity index (χ1n) is 5.92. The molecule has 100 valence electrons. The van der Waals surface area contributed by atoms with E-state index in [1.807, 2.05) is 30.3 Å². The number of nitrogens with zero attached hydrogens (tertiary/aromatic N) is 1. The summed E-state index contributed by atoms with van der Waals surface area (Å²) in [6.07, 6.45) is 2.09. The SMILES string of the molecule is O=c1[nH]cnc(NCCCOc2ccccc2)c1Cl. The zero-order valence-electron chi connectivity index (χ0n) is 10.2. The second kappa shape index (κ2) is 6.80. The molecular formula is C13H14ClN3O2. The highest BCUT2D eigenvalue weighted by Crippen LogP contribution is 2.12. The minimum atomic E-state index is -0.347. The van der Waals surface area contributed by atoms with Crippen LogP contribution < -0.4 is 15.6 Å². The standard InChI is InChI=1S/C13H14ClN3O2/c14-11-12(16-9-17-13(11)18)15-7-4-8-19-10-5-2-1-3-6-10/h1-3,5-6,9H,4,7-8H2,(H2,15,16,17,18). The number of anilines is 1. The van der Waals surface area contributed by atoms with Gasteiger partial charge in [-0.05, 0) is 18.6 Å². The number of aromatic amines is 1. The van der Waals surface area contributed by atoms with Crippen LogP contribution in [0.4, 0.5) is 5.82 Å². The number of hydrogen-bond donors (Lipinski definition) is 2. The van der Waals surface area contributed by atoms with E-state index in [0.29, 0.717) is 19.0 Å². The third-order valence-electron chi connectivity index (χ3n) is 2.42. The minimum Gasteiger partial charge on any atom is -0.494 e. The maximum atomic E-state index is 11.2. The molecule has 0 saturated heterocycles. The van der Waals surface area contributed by atoms with Gasteiger partial charge in [-0.15, -0.1) is 0 Å². The van der Waals surface area contributed by atoms with Gasteiger partial charge in [0.15, 0.2) is 5.82 Å². The van der Waals surface area contributed by atoms with Gasteiger partial charge in [0.25, 0.3) is 5.56 Å². The summed E-state index contributed by atoms with van der Waals surface area (Å²) in [6, 6.07) is 9.60. The Morgan fingerprint density at radius 2 is 2.11 bits per heavy atom. The summed E-state index contributed by atoms with van der Waals surface area (Å²) < 4.78 is 5.54. The third kappa shape index (κ3) is 3.99. The summed E-state index contributed by atoms with van der Waals surface area (Å²) in [5, 5.41) is 3.07. The van der Waals surface area contributed by atoms with E-state index in [9.17, 15) is 4.79 Å². The highest BCUT2D eigenvalue weighted by molar-refractivity contribution is 6.32. The molecule has 0 aliphatic carbocycles. The van der Waals surface area contributed by atoms with Gasteiger partial charge >= 0.3 is 0 Å². The van der Waals surface area contributed by atoms with Gasteiger partial charge in [0, 0.05) is 6.54 Å². The molecule has 0 fully saturated rings. The average Bonchev–Trinajstić information content (AvgIpc) is 2.44. The van der Waals surface area contributed by atoms with Gasteiger partial charge in [-0.2, -0.15) is 0 Å². The number of rotatable bonds is 6. The quantitative estimate of drug-likeness (QED) is 0.796. The second-order valence-electron chi connectivity index (χ2n) is 3.84. The molecule has 1 aromatic carbocycles. The zero-order valence-corrected chi connectivity index (χ0v) is 11.0. The van der Waals surface area contributed by atoms with E-state index in [4.69, 9.17) is 16.3 Å². The van der Waals surface area contributed by atoms with Crippen molar-refractivity contribution in [3.63, 3.8) is 0 Å². The largest absolute Gasteiger partial charge is 0.494 e. The molecule has 2 N–H and O–H groups in total. The number of benzene rings is 1. The molecule has 0 spiro atoms. The Balaban J connectivity index is 1.72. The van der Waals surface area contributed by atoms with Crippen LogP contribution in [0.1, 0.15) is 6.42 Å². The molecule has 0 atom stereocenters. The Labute approximate surface area is 115 Å². The molecule has 0 bridgehead atoms. The molecule has 0 saturated carbocycles. The number of ether oxygens (including phenoxy) is 1. The Bertz CT molecular complexity index is 572. The molecular weight excluding hydrogens is 266 g/mol. The first-order chi connectivity index (χ1) is 9.27. The minimum absolute atomic E-state index is 0.0754. The van der Waals surface area contributed by atoms with Crippen LogP contribution in [0.5, 0.6) is 5.75 Å². The summed E-state index contributed by atoms with van der Waals surface area (Å²) in [5.41, 5.74) is -0.347. The normalized spacial score (nSPS) is 10.2. The molecule has 0 amide bonds. The van der Waals surface area contributed by atoms with Crippen LogP contribution in [0.15, 0.2) is 41.5 Å². The molecule has 0 aliphatic heterocycles. The molecule has 0 unspecified atom stereocenters. The van der Waals surface area contributed by atoms with Crippen LogP contribution in [-0.4, -0.2) is 23.1 Å². The van der Waals surface area contributed by atoms with Gasteiger partial charge in [0.1, 0.15) is 10.8 Å². The van der Waals surface area contributed by atoms with E-state index in [2.05, 4.69) is 15.3 Å². The van der Waals surface area contributed by atoms with Crippen molar-refractivity contribution in [1.29, 1.82) is 0 Å². The van der Waals surface area contributed by atoms with Crippen LogP contribution in [0.2, 0.25) is 5.02 Å². The van der Waals surface area contributed by atoms with Crippen molar-refractivity contribution in [2.45, 2.75) is 6.42 Å². The van der Waals surface area contributed by atoms with E-state index in [-0.39, 0.29) is 10.6 Å². The van der Waals surface area contributed by atoms with Crippen LogP contribution in [0, 0.1) is 0 Å². The average molecular weight is 280 g/mol. The summed E-state index contributed by atoms with van der Waals surface area (Å²) in [6.45, 7) is 1.21. The maximum Gasteiger partial charge on any atom is 0.271 e. The lowest BCUT2D eigenvalue weighted by molar-refractivity contribution is 0.315. The van der Waals surface area contributed by atoms with Gasteiger partial charge in [-0.25, -0.2) is 4.98 Å². The lowest BCUT2D eigenvalue weighted by Crippen LogP contribution is -2.13. The zero-order chi connectivity index (χ0) is 13.5. The van der Waals surface area contributed by atoms with E-state index < -0.39 is 0 Å². The van der Waals surface area contributed by atoms with Gasteiger partial charge in [-0.1, -0.05) is 29.8 Å². The van der Waals surface area contributed by atoms with Crippen LogP contribution in [0.3, 0.4) is 0 Å². The molecule has 0 radical (unpaired) electrons. The van der Waals surface area contributed by atoms with E-state index in [1.54, 1.807) is 0 Å². The van der Waals surface area contributed by atoms with E-state index in [1.165, 1.54) is 6.33 Å². The Hall–Kier alpha value is -2.01. The fraction of sp³-hybridized carbons (Fsp3) is 0.231. The van der Waals surface area contributed by atoms with Crippen molar-refractivity contribution in [2.24, 2.45) is 0 Å². The molecule has 2 aromatic rings. The second-order valence-corrected chi connectivity index (χ2v) is 4.21. The lowest BCUT2D eigenvalue weighted by Gasteiger charge is -2.08. The summed E-state index contributed by atoms with van der Waals surface area (Å²) >= 11 is 5.80. The summed E-state index contributed by atoms with van der Waals surface area (Å²) in [5.74, 6) is 1.24. The van der Waals surface area contributed by atoms with Crippen molar-refractivity contribution in [2.75, 3.05) is 18.5 Å². The number of para-hydroxylation sites is 1. The summed E-state index contributed by atoms with van der Waals surface area (Å²) in [7, 11) is 0. The number of nitrogens with one attached hydrogen (secondary N) is 2. The van der Waals surface area contributed by atoms with Crippen LogP contribution in [-0.2, 0) is 0 Å². The van der Waals surface area contributed by atoms with Crippen molar-refractivity contribution in [1.82, 2.24) is 9.97 Å². The van der Waals surface area contributed by atoms with E-state index in [0.717, 1.165) is 12.2 Å². The molecule has 5 nitrogen and oxygen atoms in total. The first kappa shape index (κ1) is 13.4. The molecule has 0 aliphatic rings. The number of aromatic nitrogens is 2. The Morgan fingerprint density at radius 3 is 2.89 bits per heavy atom. The van der Waals surface area contributed by atoms with Gasteiger partial charge in [-0.3, -0.25) is 4.79 Å². The lowest BCUT2D eigenvalue weighted by atomic mass is 10.3. The highest BCUT2D eigenvalue weighted by Gasteiger charge is 2.04. The monoisotopic (exact) mass is 279 g/mol. The van der Waals surface area contributed by atoms with Gasteiger partial charge < -0.3 is 15.0 Å². The van der Waals surface area contributed by atoms with Gasteiger partial charge in [0.2, 0.25) is 0 Å². The molecule has 1 heterocycles. The predicted molar refractivity (Wildman–Crippen MR) is 74.9 cm³/mol. The van der Waals surface area contributed by atoms with Crippen molar-refractivity contribution in [3.05, 3.63) is 52.0 Å². The smallest absolute Gasteiger partial charge is 0.271 e. The first-order valence-corrected chi connectivity index (χ1v) is 6.30. The number of halogens is 1. The third-order valence-corrected chi connectivity index (χ3v) is 2.77. The molecule has 6 heteroatoms. The van der Waals surface area contributed by atoms with E-state index >= 15 is 0 Å². The fourth-order valence-corrected chi connectivity index (χ4v) is 1.66. The van der Waals surface area contributed by atoms with Crippen molar-refractivity contribution >= 4 is 17.4 Å². The van der Waals surface area contributed by atoms with Crippen molar-refractivity contribution < 1.29 is 4.74 Å². The van der Waals surface area contributed by atoms with Gasteiger partial charge in [0.05, 0.1) is 12.9 Å².